The van der Waals surface area contributed by atoms with Crippen LogP contribution in [0.3, 0.4) is 0 Å². The summed E-state index contributed by atoms with van der Waals surface area (Å²) in [4.78, 5) is 27.1. The lowest BCUT2D eigenvalue weighted by atomic mass is 10.1. The highest BCUT2D eigenvalue weighted by Gasteiger charge is 2.30. The standard InChI is InChI=1S/C14H11F3N2O3S/c1-22-11(20)6-10-7-23-13(18-10)19-12(21)8-2-4-9(5-3-8)14(15,16)17/h2-5,7H,6H2,1H3,(H,18,19,21). The molecule has 1 amide bonds. The first-order chi connectivity index (χ1) is 10.8. The van der Waals surface area contributed by atoms with Crippen LogP contribution >= 0.6 is 11.3 Å². The molecular weight excluding hydrogens is 333 g/mol. The van der Waals surface area contributed by atoms with E-state index >= 15 is 0 Å². The van der Waals surface area contributed by atoms with Crippen LogP contribution in [0.1, 0.15) is 21.6 Å². The monoisotopic (exact) mass is 344 g/mol. The minimum Gasteiger partial charge on any atom is -0.469 e. The van der Waals surface area contributed by atoms with E-state index in [0.717, 1.165) is 35.6 Å². The fourth-order valence-electron chi connectivity index (χ4n) is 1.65. The number of nitrogens with one attached hydrogen (secondary N) is 1. The molecule has 23 heavy (non-hydrogen) atoms. The number of esters is 1. The molecule has 0 atom stereocenters. The van der Waals surface area contributed by atoms with Gasteiger partial charge in [0.15, 0.2) is 5.13 Å². The summed E-state index contributed by atoms with van der Waals surface area (Å²) >= 11 is 1.10. The number of benzene rings is 1. The fraction of sp³-hybridized carbons (Fsp3) is 0.214. The molecule has 122 valence electrons. The SMILES string of the molecule is COC(=O)Cc1csc(NC(=O)c2ccc(C(F)(F)F)cc2)n1. The van der Waals surface area contributed by atoms with E-state index < -0.39 is 23.6 Å². The molecule has 0 fully saturated rings. The Bertz CT molecular complexity index is 711. The number of halogens is 3. The van der Waals surface area contributed by atoms with E-state index in [1.165, 1.54) is 7.11 Å². The number of carbonyl (C=O) groups is 2. The summed E-state index contributed by atoms with van der Waals surface area (Å²) in [5.41, 5.74) is -0.323. The van der Waals surface area contributed by atoms with Gasteiger partial charge >= 0.3 is 12.1 Å². The number of amides is 1. The van der Waals surface area contributed by atoms with E-state index in [4.69, 9.17) is 0 Å². The van der Waals surface area contributed by atoms with Gasteiger partial charge in [-0.15, -0.1) is 11.3 Å². The predicted octanol–water partition coefficient (Wildman–Crippen LogP) is 3.13. The highest BCUT2D eigenvalue weighted by atomic mass is 32.1. The predicted molar refractivity (Wildman–Crippen MR) is 77.2 cm³/mol. The number of anilines is 1. The molecule has 0 saturated heterocycles. The summed E-state index contributed by atoms with van der Waals surface area (Å²) in [5, 5.41) is 4.29. The summed E-state index contributed by atoms with van der Waals surface area (Å²) in [5.74, 6) is -1.05. The maximum absolute atomic E-state index is 12.5. The molecule has 2 aromatic rings. The van der Waals surface area contributed by atoms with Gasteiger partial charge in [-0.3, -0.25) is 14.9 Å². The first-order valence-electron chi connectivity index (χ1n) is 6.29. The summed E-state index contributed by atoms with van der Waals surface area (Å²) in [6.45, 7) is 0. The molecule has 0 bridgehead atoms. The van der Waals surface area contributed by atoms with Crippen LogP contribution in [0.15, 0.2) is 29.6 Å². The van der Waals surface area contributed by atoms with Crippen molar-refractivity contribution in [3.63, 3.8) is 0 Å². The molecule has 0 saturated carbocycles. The van der Waals surface area contributed by atoms with Crippen molar-refractivity contribution in [3.8, 4) is 0 Å². The highest BCUT2D eigenvalue weighted by Crippen LogP contribution is 2.29. The number of rotatable bonds is 4. The number of carbonyl (C=O) groups excluding carboxylic acids is 2. The van der Waals surface area contributed by atoms with Gasteiger partial charge in [-0.2, -0.15) is 13.2 Å². The second-order valence-corrected chi connectivity index (χ2v) is 5.28. The van der Waals surface area contributed by atoms with Crippen molar-refractivity contribution in [2.75, 3.05) is 12.4 Å². The summed E-state index contributed by atoms with van der Waals surface area (Å²) in [6, 6.07) is 3.83. The van der Waals surface area contributed by atoms with Gasteiger partial charge in [0.25, 0.3) is 5.91 Å². The van der Waals surface area contributed by atoms with Gasteiger partial charge in [-0.05, 0) is 24.3 Å². The summed E-state index contributed by atoms with van der Waals surface area (Å²) in [7, 11) is 1.25. The zero-order valence-corrected chi connectivity index (χ0v) is 12.6. The number of nitrogens with zero attached hydrogens (tertiary/aromatic N) is 1. The number of hydrogen-bond donors (Lipinski definition) is 1. The first-order valence-corrected chi connectivity index (χ1v) is 7.17. The average Bonchev–Trinajstić information content (AvgIpc) is 2.93. The van der Waals surface area contributed by atoms with E-state index in [1.807, 2.05) is 0 Å². The van der Waals surface area contributed by atoms with Crippen LogP contribution in [-0.4, -0.2) is 24.0 Å². The minimum atomic E-state index is -4.45. The van der Waals surface area contributed by atoms with Crippen molar-refractivity contribution in [1.82, 2.24) is 4.98 Å². The number of alkyl halides is 3. The first kappa shape index (κ1) is 16.9. The Kier molecular flexibility index (Phi) is 4.99. The molecule has 0 aliphatic carbocycles. The maximum atomic E-state index is 12.5. The largest absolute Gasteiger partial charge is 0.469 e. The van der Waals surface area contributed by atoms with Crippen molar-refractivity contribution in [2.24, 2.45) is 0 Å². The topological polar surface area (TPSA) is 68.3 Å². The molecular formula is C14H11F3N2O3S. The van der Waals surface area contributed by atoms with Crippen molar-refractivity contribution in [2.45, 2.75) is 12.6 Å². The van der Waals surface area contributed by atoms with Crippen molar-refractivity contribution < 1.29 is 27.5 Å². The number of hydrogen-bond acceptors (Lipinski definition) is 5. The number of thiazole rings is 1. The van der Waals surface area contributed by atoms with Gasteiger partial charge in [0.2, 0.25) is 0 Å². The average molecular weight is 344 g/mol. The number of ether oxygens (including phenoxy) is 1. The molecule has 2 rings (SSSR count). The third-order valence-electron chi connectivity index (χ3n) is 2.80. The Labute approximate surface area is 133 Å². The van der Waals surface area contributed by atoms with Crippen molar-refractivity contribution in [1.29, 1.82) is 0 Å². The van der Waals surface area contributed by atoms with Crippen LogP contribution in [-0.2, 0) is 22.1 Å². The van der Waals surface area contributed by atoms with Crippen LogP contribution < -0.4 is 5.32 Å². The quantitative estimate of drug-likeness (QED) is 0.866. The lowest BCUT2D eigenvalue weighted by molar-refractivity contribution is -0.140. The summed E-state index contributed by atoms with van der Waals surface area (Å²) < 4.78 is 41.9. The molecule has 0 aliphatic heterocycles. The Hall–Kier alpha value is -2.42. The number of aromatic nitrogens is 1. The molecule has 1 heterocycles. The maximum Gasteiger partial charge on any atom is 0.416 e. The third kappa shape index (κ3) is 4.52. The molecule has 1 aromatic heterocycles. The van der Waals surface area contributed by atoms with Crippen LogP contribution in [0, 0.1) is 0 Å². The van der Waals surface area contributed by atoms with Crippen LogP contribution in [0.25, 0.3) is 0 Å². The van der Waals surface area contributed by atoms with Crippen LogP contribution in [0.2, 0.25) is 0 Å². The van der Waals surface area contributed by atoms with Crippen LogP contribution in [0.4, 0.5) is 18.3 Å². The molecule has 1 aromatic carbocycles. The fourth-order valence-corrected chi connectivity index (χ4v) is 2.35. The minimum absolute atomic E-state index is 0.0247. The van der Waals surface area contributed by atoms with E-state index in [1.54, 1.807) is 5.38 Å². The van der Waals surface area contributed by atoms with Crippen molar-refractivity contribution >= 4 is 28.3 Å². The number of methoxy groups -OCH3 is 1. The van der Waals surface area contributed by atoms with Gasteiger partial charge in [0.1, 0.15) is 0 Å². The zero-order chi connectivity index (χ0) is 17.0. The summed E-state index contributed by atoms with van der Waals surface area (Å²) in [6.07, 6.45) is -4.48. The Balaban J connectivity index is 2.03. The molecule has 0 radical (unpaired) electrons. The smallest absolute Gasteiger partial charge is 0.416 e. The normalized spacial score (nSPS) is 11.1. The van der Waals surface area contributed by atoms with Gasteiger partial charge in [0.05, 0.1) is 24.8 Å². The van der Waals surface area contributed by atoms with E-state index in [-0.39, 0.29) is 17.1 Å². The molecule has 1 N–H and O–H groups in total. The Morgan fingerprint density at radius 2 is 1.91 bits per heavy atom. The molecule has 5 nitrogen and oxygen atoms in total. The van der Waals surface area contributed by atoms with Gasteiger partial charge in [-0.1, -0.05) is 0 Å². The lowest BCUT2D eigenvalue weighted by Gasteiger charge is -2.07. The second-order valence-electron chi connectivity index (χ2n) is 4.43. The van der Waals surface area contributed by atoms with E-state index in [2.05, 4.69) is 15.0 Å². The lowest BCUT2D eigenvalue weighted by Crippen LogP contribution is -2.13. The Morgan fingerprint density at radius 3 is 2.48 bits per heavy atom. The van der Waals surface area contributed by atoms with Gasteiger partial charge < -0.3 is 4.74 Å². The van der Waals surface area contributed by atoms with Gasteiger partial charge in [-0.25, -0.2) is 4.98 Å². The third-order valence-corrected chi connectivity index (χ3v) is 3.61. The van der Waals surface area contributed by atoms with Crippen molar-refractivity contribution in [3.05, 3.63) is 46.5 Å². The molecule has 0 spiro atoms. The molecule has 9 heteroatoms. The van der Waals surface area contributed by atoms with Crippen LogP contribution in [0.5, 0.6) is 0 Å². The Morgan fingerprint density at radius 1 is 1.26 bits per heavy atom. The highest BCUT2D eigenvalue weighted by molar-refractivity contribution is 7.14. The zero-order valence-electron chi connectivity index (χ0n) is 11.8. The van der Waals surface area contributed by atoms with E-state index in [9.17, 15) is 22.8 Å². The second kappa shape index (κ2) is 6.78. The molecule has 0 unspecified atom stereocenters. The molecule has 0 aliphatic rings. The van der Waals surface area contributed by atoms with Gasteiger partial charge in [0, 0.05) is 10.9 Å². The van der Waals surface area contributed by atoms with E-state index in [0.29, 0.717) is 5.69 Å².